The molecule has 2 aliphatic heterocycles. The Morgan fingerprint density at radius 2 is 1.68 bits per heavy atom. The van der Waals surface area contributed by atoms with Crippen molar-refractivity contribution in [3.63, 3.8) is 0 Å². The summed E-state index contributed by atoms with van der Waals surface area (Å²) in [7, 11) is -3.47. The van der Waals surface area contributed by atoms with Crippen LogP contribution in [0.4, 0.5) is 9.52 Å². The van der Waals surface area contributed by atoms with Gasteiger partial charge in [0.05, 0.1) is 27.2 Å². The Balaban J connectivity index is 1.28. The third-order valence-corrected chi connectivity index (χ3v) is 10.4. The molecule has 1 atom stereocenters. The SMILES string of the molecule is O=S(=O)(c1ccc(-c2csc(N3N=C(c4cccs4)C[C@H]3c3ccc(F)cc3)n2)cc1)N1CCCCC1. The van der Waals surface area contributed by atoms with Crippen LogP contribution < -0.4 is 5.01 Å². The molecule has 0 saturated carbocycles. The van der Waals surface area contributed by atoms with Gasteiger partial charge < -0.3 is 0 Å². The third kappa shape index (κ3) is 4.86. The Kier molecular flexibility index (Phi) is 6.66. The van der Waals surface area contributed by atoms with E-state index >= 15 is 0 Å². The molecule has 0 radical (unpaired) electrons. The Bertz CT molecular complexity index is 1510. The van der Waals surface area contributed by atoms with Crippen molar-refractivity contribution in [2.24, 2.45) is 5.10 Å². The smallest absolute Gasteiger partial charge is 0.231 e. The van der Waals surface area contributed by atoms with Crippen molar-refractivity contribution in [1.29, 1.82) is 0 Å². The van der Waals surface area contributed by atoms with Gasteiger partial charge in [-0.25, -0.2) is 22.8 Å². The van der Waals surface area contributed by atoms with E-state index in [0.29, 0.717) is 24.4 Å². The zero-order chi connectivity index (χ0) is 25.4. The van der Waals surface area contributed by atoms with Gasteiger partial charge in [-0.2, -0.15) is 9.41 Å². The van der Waals surface area contributed by atoms with Crippen LogP contribution in [0.2, 0.25) is 0 Å². The molecule has 0 unspecified atom stereocenters. The number of benzene rings is 2. The zero-order valence-corrected chi connectivity index (χ0v) is 22.4. The number of hydrogen-bond donors (Lipinski definition) is 0. The van der Waals surface area contributed by atoms with Gasteiger partial charge in [-0.15, -0.1) is 22.7 Å². The van der Waals surface area contributed by atoms with Crippen molar-refractivity contribution in [2.75, 3.05) is 18.1 Å². The molecular weight excluding hydrogens is 528 g/mol. The molecule has 6 nitrogen and oxygen atoms in total. The van der Waals surface area contributed by atoms with Gasteiger partial charge >= 0.3 is 0 Å². The van der Waals surface area contributed by atoms with E-state index in [1.54, 1.807) is 39.9 Å². The largest absolute Gasteiger partial charge is 0.243 e. The van der Waals surface area contributed by atoms with Crippen LogP contribution in [-0.2, 0) is 10.0 Å². The molecule has 37 heavy (non-hydrogen) atoms. The van der Waals surface area contributed by atoms with Crippen LogP contribution >= 0.6 is 22.7 Å². The second-order valence-electron chi connectivity index (χ2n) is 9.14. The summed E-state index contributed by atoms with van der Waals surface area (Å²) in [5.74, 6) is -0.269. The minimum absolute atomic E-state index is 0.0891. The van der Waals surface area contributed by atoms with E-state index in [9.17, 15) is 12.8 Å². The molecule has 4 aromatic rings. The average molecular weight is 553 g/mol. The number of thiazole rings is 1. The van der Waals surface area contributed by atoms with Crippen LogP contribution in [0.3, 0.4) is 0 Å². The standard InChI is InChI=1S/C27H25FN4O2S3/c28-21-10-6-20(7-11-21)25-17-23(26-5-4-16-35-26)30-32(25)27-29-24(18-36-27)19-8-12-22(13-9-19)37(33,34)31-14-2-1-3-15-31/h4-13,16,18,25H,1-3,14-15,17H2/t25-/m0/s1. The predicted octanol–water partition coefficient (Wildman–Crippen LogP) is 6.54. The molecular formula is C27H25FN4O2S3. The Morgan fingerprint density at radius 1 is 0.919 bits per heavy atom. The number of nitrogens with zero attached hydrogens (tertiary/aromatic N) is 4. The molecule has 10 heteroatoms. The molecule has 4 heterocycles. The summed E-state index contributed by atoms with van der Waals surface area (Å²) >= 11 is 3.13. The fourth-order valence-electron chi connectivity index (χ4n) is 4.78. The van der Waals surface area contributed by atoms with Crippen LogP contribution in [0.25, 0.3) is 11.3 Å². The molecule has 0 N–H and O–H groups in total. The minimum Gasteiger partial charge on any atom is -0.231 e. The van der Waals surface area contributed by atoms with Gasteiger partial charge in [-0.1, -0.05) is 36.8 Å². The Labute approximate surface area is 223 Å². The molecule has 2 aromatic carbocycles. The van der Waals surface area contributed by atoms with E-state index in [1.165, 1.54) is 23.5 Å². The van der Waals surface area contributed by atoms with Gasteiger partial charge in [-0.05, 0) is 54.1 Å². The molecule has 0 amide bonds. The van der Waals surface area contributed by atoms with Crippen molar-refractivity contribution in [3.05, 3.63) is 87.7 Å². The van der Waals surface area contributed by atoms with E-state index in [1.807, 2.05) is 34.0 Å². The maximum atomic E-state index is 13.6. The van der Waals surface area contributed by atoms with E-state index < -0.39 is 10.0 Å². The molecule has 6 rings (SSSR count). The lowest BCUT2D eigenvalue weighted by molar-refractivity contribution is 0.346. The monoisotopic (exact) mass is 552 g/mol. The zero-order valence-electron chi connectivity index (χ0n) is 20.0. The lowest BCUT2D eigenvalue weighted by Gasteiger charge is -2.25. The number of rotatable bonds is 6. The highest BCUT2D eigenvalue weighted by Gasteiger charge is 2.32. The second kappa shape index (κ2) is 10.1. The summed E-state index contributed by atoms with van der Waals surface area (Å²) in [6.45, 7) is 1.16. The van der Waals surface area contributed by atoms with Crippen molar-refractivity contribution < 1.29 is 12.8 Å². The number of hydrogen-bond acceptors (Lipinski definition) is 7. The normalized spacial score (nSPS) is 18.8. The highest BCUT2D eigenvalue weighted by Crippen LogP contribution is 2.40. The van der Waals surface area contributed by atoms with Gasteiger partial charge in [0.15, 0.2) is 0 Å². The number of aromatic nitrogens is 1. The summed E-state index contributed by atoms with van der Waals surface area (Å²) in [5, 5.41) is 11.6. The summed E-state index contributed by atoms with van der Waals surface area (Å²) in [4.78, 5) is 6.28. The molecule has 1 fully saturated rings. The molecule has 0 aliphatic carbocycles. The average Bonchev–Trinajstić information content (AvgIpc) is 3.70. The van der Waals surface area contributed by atoms with Crippen LogP contribution in [0.1, 0.15) is 42.2 Å². The number of hydrazone groups is 1. The van der Waals surface area contributed by atoms with Crippen LogP contribution in [-0.4, -0.2) is 36.5 Å². The first-order chi connectivity index (χ1) is 18.0. The number of piperidine rings is 1. The maximum Gasteiger partial charge on any atom is 0.243 e. The quantitative estimate of drug-likeness (QED) is 0.272. The van der Waals surface area contributed by atoms with E-state index in [-0.39, 0.29) is 11.9 Å². The number of halogens is 1. The van der Waals surface area contributed by atoms with Crippen molar-refractivity contribution >= 4 is 43.5 Å². The van der Waals surface area contributed by atoms with Gasteiger partial charge in [0.2, 0.25) is 15.2 Å². The maximum absolute atomic E-state index is 13.6. The molecule has 0 bridgehead atoms. The molecule has 2 aliphatic rings. The molecule has 0 spiro atoms. The number of thiophene rings is 1. The highest BCUT2D eigenvalue weighted by molar-refractivity contribution is 7.89. The summed E-state index contributed by atoms with van der Waals surface area (Å²) in [6, 6.07) is 17.5. The number of sulfonamides is 1. The fourth-order valence-corrected chi connectivity index (χ4v) is 7.85. The summed E-state index contributed by atoms with van der Waals surface area (Å²) in [6.07, 6.45) is 3.59. The lowest BCUT2D eigenvalue weighted by Crippen LogP contribution is -2.35. The van der Waals surface area contributed by atoms with E-state index in [4.69, 9.17) is 10.1 Å². The van der Waals surface area contributed by atoms with Crippen LogP contribution in [0.15, 0.2) is 81.4 Å². The number of anilines is 1. The van der Waals surface area contributed by atoms with E-state index in [0.717, 1.165) is 51.8 Å². The first-order valence-electron chi connectivity index (χ1n) is 12.2. The van der Waals surface area contributed by atoms with Crippen LogP contribution in [0.5, 0.6) is 0 Å². The van der Waals surface area contributed by atoms with Gasteiger partial charge in [0.1, 0.15) is 5.82 Å². The predicted molar refractivity (Wildman–Crippen MR) is 147 cm³/mol. The third-order valence-electron chi connectivity index (χ3n) is 6.76. The minimum atomic E-state index is -3.47. The Hall–Kier alpha value is -2.92. The first-order valence-corrected chi connectivity index (χ1v) is 15.4. The highest BCUT2D eigenvalue weighted by atomic mass is 32.2. The first kappa shape index (κ1) is 24.4. The molecule has 2 aromatic heterocycles. The molecule has 190 valence electrons. The fraction of sp³-hybridized carbons (Fsp3) is 0.259. The van der Waals surface area contributed by atoms with Crippen LogP contribution in [0, 0.1) is 5.82 Å². The Morgan fingerprint density at radius 3 is 2.38 bits per heavy atom. The van der Waals surface area contributed by atoms with Gasteiger partial charge in [0, 0.05) is 30.5 Å². The summed E-state index contributed by atoms with van der Waals surface area (Å²) in [5.41, 5.74) is 3.56. The van der Waals surface area contributed by atoms with Crippen molar-refractivity contribution in [1.82, 2.24) is 9.29 Å². The topological polar surface area (TPSA) is 65.9 Å². The van der Waals surface area contributed by atoms with Gasteiger partial charge in [-0.3, -0.25) is 0 Å². The lowest BCUT2D eigenvalue weighted by atomic mass is 10.0. The van der Waals surface area contributed by atoms with Crippen molar-refractivity contribution in [3.8, 4) is 11.3 Å². The molecule has 1 saturated heterocycles. The van der Waals surface area contributed by atoms with E-state index in [2.05, 4.69) is 6.07 Å². The van der Waals surface area contributed by atoms with Gasteiger partial charge in [0.25, 0.3) is 0 Å². The second-order valence-corrected chi connectivity index (χ2v) is 12.9. The van der Waals surface area contributed by atoms with Crippen molar-refractivity contribution in [2.45, 2.75) is 36.6 Å². The summed E-state index contributed by atoms with van der Waals surface area (Å²) < 4.78 is 41.2.